The van der Waals surface area contributed by atoms with Gasteiger partial charge in [-0.2, -0.15) is 0 Å². The zero-order valence-electron chi connectivity index (χ0n) is 9.23. The van der Waals surface area contributed by atoms with Crippen molar-refractivity contribution in [3.05, 3.63) is 30.3 Å². The molecule has 0 unspecified atom stereocenters. The maximum Gasteiger partial charge on any atom is 0.155 e. The Kier molecular flexibility index (Phi) is 3.39. The first-order valence-electron chi connectivity index (χ1n) is 4.70. The molecule has 0 aliphatic heterocycles. The van der Waals surface area contributed by atoms with Crippen LogP contribution in [0.25, 0.3) is 0 Å². The third-order valence-electron chi connectivity index (χ3n) is 2.33. The van der Waals surface area contributed by atoms with Crippen molar-refractivity contribution in [3.63, 3.8) is 0 Å². The molecule has 84 valence electrons. The van der Waals surface area contributed by atoms with Crippen LogP contribution in [0.5, 0.6) is 5.75 Å². The third-order valence-corrected chi connectivity index (χ3v) is 4.46. The summed E-state index contributed by atoms with van der Waals surface area (Å²) in [7, 11) is -3.10. The van der Waals surface area contributed by atoms with Crippen molar-refractivity contribution in [2.24, 2.45) is 0 Å². The lowest BCUT2D eigenvalue weighted by molar-refractivity contribution is 0.281. The van der Waals surface area contributed by atoms with E-state index in [4.69, 9.17) is 4.74 Å². The fourth-order valence-electron chi connectivity index (χ4n) is 0.881. The molecule has 0 bridgehead atoms. The maximum absolute atomic E-state index is 11.4. The Bertz CT molecular complexity index is 407. The minimum Gasteiger partial charge on any atom is -0.492 e. The van der Waals surface area contributed by atoms with Gasteiger partial charge in [-0.3, -0.25) is 0 Å². The zero-order valence-corrected chi connectivity index (χ0v) is 10.0. The van der Waals surface area contributed by atoms with E-state index in [9.17, 15) is 8.42 Å². The van der Waals surface area contributed by atoms with Gasteiger partial charge < -0.3 is 4.74 Å². The predicted molar refractivity (Wildman–Crippen MR) is 60.9 cm³/mol. The molecule has 0 atom stereocenters. The van der Waals surface area contributed by atoms with E-state index < -0.39 is 14.6 Å². The smallest absolute Gasteiger partial charge is 0.155 e. The summed E-state index contributed by atoms with van der Waals surface area (Å²) in [6.07, 6.45) is 1.22. The zero-order chi connectivity index (χ0) is 11.5. The highest BCUT2D eigenvalue weighted by Gasteiger charge is 2.31. The van der Waals surface area contributed by atoms with Crippen molar-refractivity contribution in [3.8, 4) is 5.75 Å². The Labute approximate surface area is 91.0 Å². The van der Waals surface area contributed by atoms with Crippen molar-refractivity contribution >= 4 is 9.84 Å². The highest BCUT2D eigenvalue weighted by Crippen LogP contribution is 2.18. The van der Waals surface area contributed by atoms with Crippen molar-refractivity contribution in [2.45, 2.75) is 18.6 Å². The molecular formula is C11H16O3S. The molecule has 0 amide bonds. The quantitative estimate of drug-likeness (QED) is 0.790. The summed E-state index contributed by atoms with van der Waals surface area (Å²) < 4.78 is 27.3. The lowest BCUT2D eigenvalue weighted by atomic mass is 10.2. The standard InChI is InChI=1S/C11H16O3S/c1-11(2,15(3,12)13)9-14-10-7-5-4-6-8-10/h4-8H,9H2,1-3H3. The molecule has 0 aliphatic rings. The van der Waals surface area contributed by atoms with E-state index in [2.05, 4.69) is 0 Å². The van der Waals surface area contributed by atoms with Crippen LogP contribution in [0.1, 0.15) is 13.8 Å². The molecule has 0 heterocycles. The van der Waals surface area contributed by atoms with E-state index in [-0.39, 0.29) is 6.61 Å². The Morgan fingerprint density at radius 1 is 1.20 bits per heavy atom. The Morgan fingerprint density at radius 3 is 2.20 bits per heavy atom. The fourth-order valence-corrected chi connectivity index (χ4v) is 1.15. The number of benzene rings is 1. The number of ether oxygens (including phenoxy) is 1. The summed E-state index contributed by atoms with van der Waals surface area (Å²) in [4.78, 5) is 0. The van der Waals surface area contributed by atoms with E-state index in [0.29, 0.717) is 5.75 Å². The normalized spacial score (nSPS) is 12.5. The molecule has 0 N–H and O–H groups in total. The van der Waals surface area contributed by atoms with Crippen LogP contribution in [0.3, 0.4) is 0 Å². The average Bonchev–Trinajstić information content (AvgIpc) is 2.15. The molecule has 0 saturated carbocycles. The molecule has 4 heteroatoms. The van der Waals surface area contributed by atoms with Crippen LogP contribution in [-0.2, 0) is 9.84 Å². The monoisotopic (exact) mass is 228 g/mol. The maximum atomic E-state index is 11.4. The van der Waals surface area contributed by atoms with E-state index in [0.717, 1.165) is 0 Å². The Morgan fingerprint density at radius 2 is 1.73 bits per heavy atom. The second-order valence-electron chi connectivity index (χ2n) is 4.13. The summed E-state index contributed by atoms with van der Waals surface area (Å²) in [5.41, 5.74) is 0. The molecule has 0 saturated heterocycles. The second-order valence-corrected chi connectivity index (χ2v) is 6.78. The lowest BCUT2D eigenvalue weighted by Crippen LogP contribution is -2.37. The van der Waals surface area contributed by atoms with Gasteiger partial charge in [0.25, 0.3) is 0 Å². The van der Waals surface area contributed by atoms with Gasteiger partial charge in [0, 0.05) is 6.26 Å². The minimum atomic E-state index is -3.10. The van der Waals surface area contributed by atoms with Crippen LogP contribution in [0.15, 0.2) is 30.3 Å². The Balaban J connectivity index is 2.66. The van der Waals surface area contributed by atoms with Gasteiger partial charge in [0.1, 0.15) is 17.1 Å². The molecule has 0 aliphatic carbocycles. The fraction of sp³-hybridized carbons (Fsp3) is 0.455. The average molecular weight is 228 g/mol. The van der Waals surface area contributed by atoms with Gasteiger partial charge in [0.05, 0.1) is 0 Å². The van der Waals surface area contributed by atoms with Crippen LogP contribution in [0, 0.1) is 0 Å². The summed E-state index contributed by atoms with van der Waals surface area (Å²) in [6, 6.07) is 9.19. The van der Waals surface area contributed by atoms with Gasteiger partial charge in [-0.25, -0.2) is 8.42 Å². The van der Waals surface area contributed by atoms with Crippen molar-refractivity contribution < 1.29 is 13.2 Å². The summed E-state index contributed by atoms with van der Waals surface area (Å²) in [5, 5.41) is 0. The van der Waals surface area contributed by atoms with Crippen LogP contribution in [0.4, 0.5) is 0 Å². The molecule has 0 aromatic heterocycles. The van der Waals surface area contributed by atoms with Gasteiger partial charge in [-0.05, 0) is 26.0 Å². The van der Waals surface area contributed by atoms with Crippen molar-refractivity contribution in [2.75, 3.05) is 12.9 Å². The molecular weight excluding hydrogens is 212 g/mol. The van der Waals surface area contributed by atoms with Crippen LogP contribution in [-0.4, -0.2) is 26.0 Å². The summed E-state index contributed by atoms with van der Waals surface area (Å²) in [5.74, 6) is 0.689. The van der Waals surface area contributed by atoms with Gasteiger partial charge in [-0.1, -0.05) is 18.2 Å². The van der Waals surface area contributed by atoms with E-state index in [1.165, 1.54) is 6.26 Å². The molecule has 0 fully saturated rings. The van der Waals surface area contributed by atoms with Crippen LogP contribution < -0.4 is 4.74 Å². The number of para-hydroxylation sites is 1. The third kappa shape index (κ3) is 3.23. The highest BCUT2D eigenvalue weighted by atomic mass is 32.2. The van der Waals surface area contributed by atoms with Crippen LogP contribution >= 0.6 is 0 Å². The first-order chi connectivity index (χ1) is 6.83. The Hall–Kier alpha value is -1.03. The first-order valence-corrected chi connectivity index (χ1v) is 6.59. The van der Waals surface area contributed by atoms with Crippen molar-refractivity contribution in [1.29, 1.82) is 0 Å². The molecule has 15 heavy (non-hydrogen) atoms. The second kappa shape index (κ2) is 4.23. The largest absolute Gasteiger partial charge is 0.492 e. The predicted octanol–water partition coefficient (Wildman–Crippen LogP) is 1.89. The summed E-state index contributed by atoms with van der Waals surface area (Å²) in [6.45, 7) is 3.48. The van der Waals surface area contributed by atoms with E-state index >= 15 is 0 Å². The van der Waals surface area contributed by atoms with Crippen LogP contribution in [0.2, 0.25) is 0 Å². The van der Waals surface area contributed by atoms with E-state index in [1.54, 1.807) is 26.0 Å². The molecule has 0 radical (unpaired) electrons. The van der Waals surface area contributed by atoms with Crippen molar-refractivity contribution in [1.82, 2.24) is 0 Å². The van der Waals surface area contributed by atoms with Gasteiger partial charge in [-0.15, -0.1) is 0 Å². The molecule has 1 rings (SSSR count). The van der Waals surface area contributed by atoms with Gasteiger partial charge in [0.15, 0.2) is 9.84 Å². The number of sulfone groups is 1. The molecule has 3 nitrogen and oxygen atoms in total. The molecule has 0 spiro atoms. The number of rotatable bonds is 4. The topological polar surface area (TPSA) is 43.4 Å². The van der Waals surface area contributed by atoms with E-state index in [1.807, 2.05) is 18.2 Å². The minimum absolute atomic E-state index is 0.163. The van der Waals surface area contributed by atoms with Gasteiger partial charge in [0.2, 0.25) is 0 Å². The molecule has 1 aromatic carbocycles. The molecule has 1 aromatic rings. The SMILES string of the molecule is CC(C)(COc1ccccc1)S(C)(=O)=O. The van der Waals surface area contributed by atoms with Gasteiger partial charge >= 0.3 is 0 Å². The highest BCUT2D eigenvalue weighted by molar-refractivity contribution is 7.92. The number of hydrogen-bond acceptors (Lipinski definition) is 3. The first kappa shape index (κ1) is 12.0. The lowest BCUT2D eigenvalue weighted by Gasteiger charge is -2.22. The number of hydrogen-bond donors (Lipinski definition) is 0. The summed E-state index contributed by atoms with van der Waals surface area (Å²) >= 11 is 0.